The first-order valence-corrected chi connectivity index (χ1v) is 8.21. The van der Waals surface area contributed by atoms with Crippen LogP contribution in [0.2, 0.25) is 0 Å². The van der Waals surface area contributed by atoms with E-state index in [0.29, 0.717) is 11.3 Å². The van der Waals surface area contributed by atoms with E-state index in [-0.39, 0.29) is 33.1 Å². The van der Waals surface area contributed by atoms with Gasteiger partial charge in [0.05, 0.1) is 22.8 Å². The van der Waals surface area contributed by atoms with Crippen molar-refractivity contribution in [3.63, 3.8) is 0 Å². The number of hydrogen-bond acceptors (Lipinski definition) is 4. The normalized spacial score (nSPS) is 11.5. The molecule has 0 aliphatic carbocycles. The van der Waals surface area contributed by atoms with Crippen molar-refractivity contribution in [1.82, 2.24) is 4.98 Å². The second kappa shape index (κ2) is 6.29. The van der Waals surface area contributed by atoms with E-state index in [1.54, 1.807) is 18.2 Å². The Morgan fingerprint density at radius 1 is 1.08 bits per heavy atom. The molecule has 1 N–H and O–H groups in total. The van der Waals surface area contributed by atoms with Gasteiger partial charge in [0.2, 0.25) is 0 Å². The number of nitro groups is 1. The van der Waals surface area contributed by atoms with Crippen molar-refractivity contribution < 1.29 is 9.66 Å². The summed E-state index contributed by atoms with van der Waals surface area (Å²) in [6.07, 6.45) is 0. The van der Waals surface area contributed by atoms with Gasteiger partial charge in [0.15, 0.2) is 0 Å². The molecule has 0 atom stereocenters. The number of hydrogen-bond donors (Lipinski definition) is 1. The Morgan fingerprint density at radius 3 is 2.42 bits per heavy atom. The van der Waals surface area contributed by atoms with Gasteiger partial charge in [0.1, 0.15) is 11.4 Å². The number of benzene rings is 2. The Bertz CT molecular complexity index is 1060. The quantitative estimate of drug-likeness (QED) is 0.559. The summed E-state index contributed by atoms with van der Waals surface area (Å²) in [5.74, 6) is 0.472. The van der Waals surface area contributed by atoms with Crippen molar-refractivity contribution >= 4 is 16.5 Å². The molecular weight excluding hydrogens is 332 g/mol. The van der Waals surface area contributed by atoms with Crippen LogP contribution in [0.5, 0.6) is 5.75 Å². The third-order valence-corrected chi connectivity index (χ3v) is 4.40. The summed E-state index contributed by atoms with van der Waals surface area (Å²) in [7, 11) is 1.48. The van der Waals surface area contributed by atoms with Crippen LogP contribution in [0.1, 0.15) is 26.3 Å². The van der Waals surface area contributed by atoms with Crippen LogP contribution in [0.3, 0.4) is 0 Å². The molecule has 26 heavy (non-hydrogen) atoms. The van der Waals surface area contributed by atoms with Crippen molar-refractivity contribution in [2.45, 2.75) is 26.2 Å². The monoisotopic (exact) mass is 352 g/mol. The molecule has 0 aliphatic heterocycles. The van der Waals surface area contributed by atoms with Gasteiger partial charge < -0.3 is 9.72 Å². The third-order valence-electron chi connectivity index (χ3n) is 4.40. The van der Waals surface area contributed by atoms with E-state index < -0.39 is 4.92 Å². The maximum Gasteiger partial charge on any atom is 0.301 e. The summed E-state index contributed by atoms with van der Waals surface area (Å²) in [6.45, 7) is 6.20. The fourth-order valence-corrected chi connectivity index (χ4v) is 2.96. The lowest BCUT2D eigenvalue weighted by molar-refractivity contribution is -0.382. The highest BCUT2D eigenvalue weighted by atomic mass is 16.6. The summed E-state index contributed by atoms with van der Waals surface area (Å²) in [6, 6.07) is 12.1. The third kappa shape index (κ3) is 3.06. The summed E-state index contributed by atoms with van der Waals surface area (Å²) in [4.78, 5) is 26.6. The largest absolute Gasteiger partial charge is 0.497 e. The minimum atomic E-state index is -0.455. The zero-order valence-electron chi connectivity index (χ0n) is 15.1. The van der Waals surface area contributed by atoms with Gasteiger partial charge in [0.25, 0.3) is 5.56 Å². The zero-order valence-corrected chi connectivity index (χ0v) is 15.1. The first kappa shape index (κ1) is 17.7. The number of methoxy groups -OCH3 is 1. The van der Waals surface area contributed by atoms with Crippen molar-refractivity contribution in [2.24, 2.45) is 0 Å². The van der Waals surface area contributed by atoms with Gasteiger partial charge in [-0.15, -0.1) is 0 Å². The van der Waals surface area contributed by atoms with Gasteiger partial charge in [-0.05, 0) is 35.2 Å². The standard InChI is InChI=1S/C20H20N2O4/c1-20(2,3)13-7-5-6-12(10-13)17-18(22(24)25)15-9-8-14(26-4)11-16(15)19(23)21-17/h5-11H,1-4H3,(H,21,23). The molecule has 134 valence electrons. The van der Waals surface area contributed by atoms with Gasteiger partial charge in [-0.1, -0.05) is 39.0 Å². The maximum atomic E-state index is 12.6. The summed E-state index contributed by atoms with van der Waals surface area (Å²) >= 11 is 0. The molecule has 3 rings (SSSR count). The van der Waals surface area contributed by atoms with E-state index >= 15 is 0 Å². The van der Waals surface area contributed by atoms with Crippen molar-refractivity contribution in [3.05, 3.63) is 68.5 Å². The van der Waals surface area contributed by atoms with Crippen LogP contribution in [0, 0.1) is 10.1 Å². The molecule has 0 fully saturated rings. The number of pyridine rings is 1. The van der Waals surface area contributed by atoms with Gasteiger partial charge in [-0.3, -0.25) is 14.9 Å². The SMILES string of the molecule is COc1ccc2c([N+](=O)[O-])c(-c3cccc(C(C)(C)C)c3)[nH]c(=O)c2c1. The fourth-order valence-electron chi connectivity index (χ4n) is 2.96. The first-order valence-electron chi connectivity index (χ1n) is 8.21. The lowest BCUT2D eigenvalue weighted by Crippen LogP contribution is -2.13. The average Bonchev–Trinajstić information content (AvgIpc) is 2.60. The van der Waals surface area contributed by atoms with E-state index in [2.05, 4.69) is 25.8 Å². The number of aromatic nitrogens is 1. The van der Waals surface area contributed by atoms with Gasteiger partial charge in [-0.2, -0.15) is 0 Å². The van der Waals surface area contributed by atoms with Gasteiger partial charge >= 0.3 is 5.69 Å². The van der Waals surface area contributed by atoms with E-state index in [4.69, 9.17) is 4.74 Å². The van der Waals surface area contributed by atoms with Crippen molar-refractivity contribution in [1.29, 1.82) is 0 Å². The molecule has 0 unspecified atom stereocenters. The molecule has 0 amide bonds. The van der Waals surface area contributed by atoms with Crippen LogP contribution in [0.4, 0.5) is 5.69 Å². The molecule has 6 heteroatoms. The highest BCUT2D eigenvalue weighted by molar-refractivity contribution is 5.96. The fraction of sp³-hybridized carbons (Fsp3) is 0.250. The predicted molar refractivity (Wildman–Crippen MR) is 102 cm³/mol. The summed E-state index contributed by atoms with van der Waals surface area (Å²) in [5.41, 5.74) is 1.23. The Kier molecular flexibility index (Phi) is 4.28. The van der Waals surface area contributed by atoms with E-state index in [9.17, 15) is 14.9 Å². The first-order chi connectivity index (χ1) is 12.2. The summed E-state index contributed by atoms with van der Waals surface area (Å²) in [5, 5.41) is 12.3. The second-order valence-corrected chi connectivity index (χ2v) is 7.18. The van der Waals surface area contributed by atoms with Crippen LogP contribution in [-0.2, 0) is 5.41 Å². The molecular formula is C20H20N2O4. The minimum Gasteiger partial charge on any atom is -0.497 e. The van der Waals surface area contributed by atoms with Gasteiger partial charge in [0, 0.05) is 5.56 Å². The number of fused-ring (bicyclic) bond motifs is 1. The Morgan fingerprint density at radius 2 is 1.81 bits per heavy atom. The van der Waals surface area contributed by atoms with Crippen LogP contribution < -0.4 is 10.3 Å². The molecule has 1 heterocycles. The minimum absolute atomic E-state index is 0.116. The van der Waals surface area contributed by atoms with Crippen molar-refractivity contribution in [2.75, 3.05) is 7.11 Å². The maximum absolute atomic E-state index is 12.6. The molecule has 6 nitrogen and oxygen atoms in total. The van der Waals surface area contributed by atoms with Crippen LogP contribution in [0.15, 0.2) is 47.3 Å². The molecule has 1 aromatic heterocycles. The highest BCUT2D eigenvalue weighted by Gasteiger charge is 2.24. The van der Waals surface area contributed by atoms with Crippen LogP contribution >= 0.6 is 0 Å². The Balaban J connectivity index is 2.35. The summed E-state index contributed by atoms with van der Waals surface area (Å²) < 4.78 is 5.12. The zero-order chi connectivity index (χ0) is 19.1. The van der Waals surface area contributed by atoms with Crippen molar-refractivity contribution in [3.8, 4) is 17.0 Å². The van der Waals surface area contributed by atoms with Crippen LogP contribution in [0.25, 0.3) is 22.0 Å². The number of aromatic amines is 1. The Labute approximate surface area is 150 Å². The van der Waals surface area contributed by atoms with E-state index in [1.165, 1.54) is 13.2 Å². The number of ether oxygens (including phenoxy) is 1. The molecule has 2 aromatic carbocycles. The molecule has 0 saturated heterocycles. The highest BCUT2D eigenvalue weighted by Crippen LogP contribution is 2.35. The lowest BCUT2D eigenvalue weighted by atomic mass is 9.86. The second-order valence-electron chi connectivity index (χ2n) is 7.18. The smallest absolute Gasteiger partial charge is 0.301 e. The van der Waals surface area contributed by atoms with E-state index in [0.717, 1.165) is 5.56 Å². The average molecular weight is 352 g/mol. The molecule has 0 saturated carbocycles. The molecule has 0 aliphatic rings. The van der Waals surface area contributed by atoms with Crippen LogP contribution in [-0.4, -0.2) is 17.0 Å². The number of rotatable bonds is 3. The molecule has 3 aromatic rings. The topological polar surface area (TPSA) is 85.2 Å². The van der Waals surface area contributed by atoms with Gasteiger partial charge in [-0.25, -0.2) is 0 Å². The molecule has 0 bridgehead atoms. The number of nitrogens with zero attached hydrogens (tertiary/aromatic N) is 1. The Hall–Kier alpha value is -3.15. The lowest BCUT2D eigenvalue weighted by Gasteiger charge is -2.19. The predicted octanol–water partition coefficient (Wildman–Crippen LogP) is 4.41. The molecule has 0 spiro atoms. The molecule has 0 radical (unpaired) electrons. The van der Waals surface area contributed by atoms with E-state index in [1.807, 2.05) is 18.2 Å². The number of H-pyrrole nitrogens is 1. The number of nitrogens with one attached hydrogen (secondary N) is 1.